The summed E-state index contributed by atoms with van der Waals surface area (Å²) in [7, 11) is 0. The van der Waals surface area contributed by atoms with Crippen molar-refractivity contribution in [1.29, 1.82) is 0 Å². The first-order valence-electron chi connectivity index (χ1n) is 4.77. The second-order valence-electron chi connectivity index (χ2n) is 3.49. The summed E-state index contributed by atoms with van der Waals surface area (Å²) in [5, 5.41) is 2.07. The molecule has 1 aliphatic heterocycles. The molecule has 0 amide bonds. The SMILES string of the molecule is NC(CC1CCCO1)c1cccs1. The lowest BCUT2D eigenvalue weighted by Gasteiger charge is -2.14. The van der Waals surface area contributed by atoms with Gasteiger partial charge in [0.2, 0.25) is 0 Å². The van der Waals surface area contributed by atoms with E-state index in [4.69, 9.17) is 10.5 Å². The number of ether oxygens (including phenoxy) is 1. The molecule has 1 aromatic rings. The molecule has 2 heterocycles. The average molecular weight is 197 g/mol. The molecule has 1 saturated heterocycles. The quantitative estimate of drug-likeness (QED) is 0.807. The third-order valence-corrected chi connectivity index (χ3v) is 3.45. The number of hydrogen-bond donors (Lipinski definition) is 1. The Hall–Kier alpha value is -0.380. The summed E-state index contributed by atoms with van der Waals surface area (Å²) < 4.78 is 5.55. The highest BCUT2D eigenvalue weighted by Crippen LogP contribution is 2.25. The van der Waals surface area contributed by atoms with E-state index in [1.54, 1.807) is 11.3 Å². The van der Waals surface area contributed by atoms with Crippen molar-refractivity contribution in [1.82, 2.24) is 0 Å². The van der Waals surface area contributed by atoms with E-state index in [1.165, 1.54) is 17.7 Å². The van der Waals surface area contributed by atoms with Crippen LogP contribution in [0.2, 0.25) is 0 Å². The monoisotopic (exact) mass is 197 g/mol. The molecule has 0 aliphatic carbocycles. The highest BCUT2D eigenvalue weighted by molar-refractivity contribution is 7.10. The molecule has 0 radical (unpaired) electrons. The van der Waals surface area contributed by atoms with Gasteiger partial charge in [0, 0.05) is 17.5 Å². The lowest BCUT2D eigenvalue weighted by atomic mass is 10.1. The second-order valence-corrected chi connectivity index (χ2v) is 4.47. The molecule has 2 rings (SSSR count). The second kappa shape index (κ2) is 4.22. The fraction of sp³-hybridized carbons (Fsp3) is 0.600. The summed E-state index contributed by atoms with van der Waals surface area (Å²) in [5.41, 5.74) is 6.05. The molecule has 3 heteroatoms. The van der Waals surface area contributed by atoms with Crippen molar-refractivity contribution >= 4 is 11.3 Å². The van der Waals surface area contributed by atoms with Crippen LogP contribution in [-0.2, 0) is 4.74 Å². The molecule has 2 nitrogen and oxygen atoms in total. The first-order chi connectivity index (χ1) is 6.36. The van der Waals surface area contributed by atoms with Gasteiger partial charge in [-0.2, -0.15) is 0 Å². The largest absolute Gasteiger partial charge is 0.378 e. The summed E-state index contributed by atoms with van der Waals surface area (Å²) in [4.78, 5) is 1.27. The van der Waals surface area contributed by atoms with Crippen LogP contribution in [0.15, 0.2) is 17.5 Å². The Morgan fingerprint density at radius 3 is 3.23 bits per heavy atom. The molecule has 2 N–H and O–H groups in total. The molecular weight excluding hydrogens is 182 g/mol. The van der Waals surface area contributed by atoms with Gasteiger partial charge >= 0.3 is 0 Å². The molecule has 72 valence electrons. The Kier molecular flexibility index (Phi) is 2.98. The Bertz CT molecular complexity index is 241. The number of thiophene rings is 1. The smallest absolute Gasteiger partial charge is 0.0594 e. The van der Waals surface area contributed by atoms with E-state index in [9.17, 15) is 0 Å². The van der Waals surface area contributed by atoms with E-state index in [-0.39, 0.29) is 6.04 Å². The molecule has 0 spiro atoms. The standard InChI is InChI=1S/C10H15NOS/c11-9(10-4-2-6-13-10)7-8-3-1-5-12-8/h2,4,6,8-9H,1,3,5,7,11H2. The highest BCUT2D eigenvalue weighted by Gasteiger charge is 2.19. The lowest BCUT2D eigenvalue weighted by Crippen LogP contribution is -2.17. The highest BCUT2D eigenvalue weighted by atomic mass is 32.1. The number of rotatable bonds is 3. The van der Waals surface area contributed by atoms with E-state index in [0.717, 1.165) is 13.0 Å². The number of hydrogen-bond acceptors (Lipinski definition) is 3. The van der Waals surface area contributed by atoms with Gasteiger partial charge in [-0.15, -0.1) is 11.3 Å². The van der Waals surface area contributed by atoms with Crippen molar-refractivity contribution in [2.24, 2.45) is 5.73 Å². The van der Waals surface area contributed by atoms with Crippen LogP contribution in [0.3, 0.4) is 0 Å². The molecule has 1 fully saturated rings. The maximum atomic E-state index is 6.05. The predicted molar refractivity (Wildman–Crippen MR) is 54.8 cm³/mol. The zero-order chi connectivity index (χ0) is 9.10. The van der Waals surface area contributed by atoms with Crippen molar-refractivity contribution in [3.8, 4) is 0 Å². The van der Waals surface area contributed by atoms with Gasteiger partial charge in [0.1, 0.15) is 0 Å². The van der Waals surface area contributed by atoms with Gasteiger partial charge in [0.05, 0.1) is 6.10 Å². The van der Waals surface area contributed by atoms with Crippen LogP contribution in [0.1, 0.15) is 30.2 Å². The summed E-state index contributed by atoms with van der Waals surface area (Å²) in [5.74, 6) is 0. The topological polar surface area (TPSA) is 35.2 Å². The predicted octanol–water partition coefficient (Wildman–Crippen LogP) is 2.32. The Labute approximate surface area is 82.7 Å². The fourth-order valence-corrected chi connectivity index (χ4v) is 2.47. The van der Waals surface area contributed by atoms with E-state index < -0.39 is 0 Å². The molecule has 1 aromatic heterocycles. The van der Waals surface area contributed by atoms with Crippen LogP contribution < -0.4 is 5.73 Å². The maximum Gasteiger partial charge on any atom is 0.0594 e. The minimum Gasteiger partial charge on any atom is -0.378 e. The molecule has 1 aliphatic rings. The van der Waals surface area contributed by atoms with Gasteiger partial charge in [-0.05, 0) is 30.7 Å². The van der Waals surface area contributed by atoms with Crippen LogP contribution >= 0.6 is 11.3 Å². The summed E-state index contributed by atoms with van der Waals surface area (Å²) in [6, 6.07) is 4.32. The van der Waals surface area contributed by atoms with E-state index in [2.05, 4.69) is 17.5 Å². The first-order valence-corrected chi connectivity index (χ1v) is 5.65. The molecule has 2 atom stereocenters. The Morgan fingerprint density at radius 2 is 2.62 bits per heavy atom. The summed E-state index contributed by atoms with van der Waals surface area (Å²) in [6.07, 6.45) is 3.75. The Morgan fingerprint density at radius 1 is 1.69 bits per heavy atom. The van der Waals surface area contributed by atoms with E-state index in [0.29, 0.717) is 6.10 Å². The summed E-state index contributed by atoms with van der Waals surface area (Å²) >= 11 is 1.73. The van der Waals surface area contributed by atoms with Crippen LogP contribution in [0.25, 0.3) is 0 Å². The minimum absolute atomic E-state index is 0.170. The summed E-state index contributed by atoms with van der Waals surface area (Å²) in [6.45, 7) is 0.918. The third kappa shape index (κ3) is 2.30. The Balaban J connectivity index is 1.87. The third-order valence-electron chi connectivity index (χ3n) is 2.45. The van der Waals surface area contributed by atoms with Gasteiger partial charge in [0.15, 0.2) is 0 Å². The van der Waals surface area contributed by atoms with Crippen LogP contribution in [-0.4, -0.2) is 12.7 Å². The normalized spacial score (nSPS) is 24.8. The van der Waals surface area contributed by atoms with E-state index >= 15 is 0 Å². The molecule has 0 bridgehead atoms. The average Bonchev–Trinajstić information content (AvgIpc) is 2.74. The van der Waals surface area contributed by atoms with Gasteiger partial charge in [-0.3, -0.25) is 0 Å². The zero-order valence-corrected chi connectivity index (χ0v) is 8.43. The van der Waals surface area contributed by atoms with Crippen molar-refractivity contribution in [2.75, 3.05) is 6.61 Å². The van der Waals surface area contributed by atoms with Gasteiger partial charge in [0.25, 0.3) is 0 Å². The van der Waals surface area contributed by atoms with Crippen LogP contribution in [0.4, 0.5) is 0 Å². The van der Waals surface area contributed by atoms with Crippen molar-refractivity contribution in [3.63, 3.8) is 0 Å². The lowest BCUT2D eigenvalue weighted by molar-refractivity contribution is 0.0986. The van der Waals surface area contributed by atoms with E-state index in [1.807, 2.05) is 0 Å². The molecule has 0 aromatic carbocycles. The van der Waals surface area contributed by atoms with Gasteiger partial charge < -0.3 is 10.5 Å². The van der Waals surface area contributed by atoms with Gasteiger partial charge in [-0.25, -0.2) is 0 Å². The molecule has 0 saturated carbocycles. The van der Waals surface area contributed by atoms with Crippen molar-refractivity contribution < 1.29 is 4.74 Å². The van der Waals surface area contributed by atoms with Crippen LogP contribution in [0, 0.1) is 0 Å². The van der Waals surface area contributed by atoms with Crippen LogP contribution in [0.5, 0.6) is 0 Å². The fourth-order valence-electron chi connectivity index (χ4n) is 1.73. The van der Waals surface area contributed by atoms with Crippen molar-refractivity contribution in [2.45, 2.75) is 31.4 Å². The van der Waals surface area contributed by atoms with Crippen molar-refractivity contribution in [3.05, 3.63) is 22.4 Å². The molecule has 2 unspecified atom stereocenters. The zero-order valence-electron chi connectivity index (χ0n) is 7.61. The van der Waals surface area contributed by atoms with Gasteiger partial charge in [-0.1, -0.05) is 6.07 Å². The first kappa shape index (κ1) is 9.19. The molecular formula is C10H15NOS. The minimum atomic E-state index is 0.170. The molecule has 13 heavy (non-hydrogen) atoms. The number of nitrogens with two attached hydrogens (primary N) is 1. The maximum absolute atomic E-state index is 6.05.